The Balaban J connectivity index is 3.80. The fourth-order valence-electron chi connectivity index (χ4n) is 0.162. The van der Waals surface area contributed by atoms with Gasteiger partial charge in [-0.25, -0.2) is 0 Å². The number of halogens is 1. The van der Waals surface area contributed by atoms with Crippen molar-refractivity contribution in [1.29, 1.82) is 0 Å². The van der Waals surface area contributed by atoms with Crippen LogP contribution in [0.1, 0.15) is 0 Å². The fraction of sp³-hybridized carbons (Fsp3) is 0.250. The SMILES string of the molecule is CSC=C(Cl)C(N)=O. The van der Waals surface area contributed by atoms with Gasteiger partial charge in [0, 0.05) is 0 Å². The van der Waals surface area contributed by atoms with Gasteiger partial charge in [-0.3, -0.25) is 4.79 Å². The molecule has 0 heterocycles. The van der Waals surface area contributed by atoms with Crippen LogP contribution in [0.3, 0.4) is 0 Å². The van der Waals surface area contributed by atoms with Crippen molar-refractivity contribution in [2.24, 2.45) is 5.73 Å². The van der Waals surface area contributed by atoms with Gasteiger partial charge in [-0.15, -0.1) is 11.8 Å². The maximum absolute atomic E-state index is 10.1. The van der Waals surface area contributed by atoms with Crippen molar-refractivity contribution in [2.45, 2.75) is 0 Å². The van der Waals surface area contributed by atoms with Gasteiger partial charge in [0.05, 0.1) is 0 Å². The van der Waals surface area contributed by atoms with Gasteiger partial charge in [0.2, 0.25) is 0 Å². The summed E-state index contributed by atoms with van der Waals surface area (Å²) in [5.41, 5.74) is 4.77. The maximum atomic E-state index is 10.1. The summed E-state index contributed by atoms with van der Waals surface area (Å²) in [6, 6.07) is 0. The first-order chi connectivity index (χ1) is 3.68. The molecule has 0 fully saturated rings. The lowest BCUT2D eigenvalue weighted by atomic mass is 10.6. The van der Waals surface area contributed by atoms with E-state index < -0.39 is 5.91 Å². The molecule has 0 aliphatic heterocycles. The molecule has 0 radical (unpaired) electrons. The van der Waals surface area contributed by atoms with E-state index >= 15 is 0 Å². The van der Waals surface area contributed by atoms with Gasteiger partial charge < -0.3 is 5.73 Å². The Labute approximate surface area is 57.1 Å². The van der Waals surface area contributed by atoms with Gasteiger partial charge in [0.25, 0.3) is 5.91 Å². The summed E-state index contributed by atoms with van der Waals surface area (Å²) in [4.78, 5) is 10.1. The first kappa shape index (κ1) is 7.85. The predicted octanol–water partition coefficient (Wildman–Crippen LogP) is 0.915. The number of nitrogens with two attached hydrogens (primary N) is 1. The summed E-state index contributed by atoms with van der Waals surface area (Å²) in [5.74, 6) is -0.582. The van der Waals surface area contributed by atoms with Crippen LogP contribution in [0.2, 0.25) is 0 Å². The molecule has 1 amide bonds. The van der Waals surface area contributed by atoms with Crippen LogP contribution in [-0.4, -0.2) is 12.2 Å². The molecular weight excluding hydrogens is 146 g/mol. The zero-order valence-corrected chi connectivity index (χ0v) is 5.92. The number of hydrogen-bond donors (Lipinski definition) is 1. The number of thioether (sulfide) groups is 1. The predicted molar refractivity (Wildman–Crippen MR) is 36.6 cm³/mol. The van der Waals surface area contributed by atoms with E-state index in [1.165, 1.54) is 17.2 Å². The third-order valence-electron chi connectivity index (χ3n) is 0.457. The third-order valence-corrected chi connectivity index (χ3v) is 1.35. The van der Waals surface area contributed by atoms with Crippen LogP contribution in [0.25, 0.3) is 0 Å². The summed E-state index contributed by atoms with van der Waals surface area (Å²) < 4.78 is 0. The van der Waals surface area contributed by atoms with Crippen LogP contribution in [0.15, 0.2) is 10.4 Å². The molecule has 2 N–H and O–H groups in total. The molecule has 0 spiro atoms. The van der Waals surface area contributed by atoms with Crippen LogP contribution >= 0.6 is 23.4 Å². The minimum Gasteiger partial charge on any atom is -0.365 e. The zero-order chi connectivity index (χ0) is 6.57. The minimum atomic E-state index is -0.582. The summed E-state index contributed by atoms with van der Waals surface area (Å²) in [6.07, 6.45) is 1.80. The third kappa shape index (κ3) is 2.93. The van der Waals surface area contributed by atoms with Crippen molar-refractivity contribution in [2.75, 3.05) is 6.26 Å². The van der Waals surface area contributed by atoms with Gasteiger partial charge in [0.1, 0.15) is 5.03 Å². The Hall–Kier alpha value is -0.150. The van der Waals surface area contributed by atoms with Crippen molar-refractivity contribution in [3.8, 4) is 0 Å². The average molecular weight is 152 g/mol. The van der Waals surface area contributed by atoms with Crippen LogP contribution in [0.5, 0.6) is 0 Å². The fourth-order valence-corrected chi connectivity index (χ4v) is 0.752. The van der Waals surface area contributed by atoms with E-state index in [0.29, 0.717) is 0 Å². The Morgan fingerprint density at radius 3 is 2.50 bits per heavy atom. The van der Waals surface area contributed by atoms with Crippen LogP contribution in [0, 0.1) is 0 Å². The first-order valence-electron chi connectivity index (χ1n) is 1.86. The second kappa shape index (κ2) is 3.80. The molecule has 0 bridgehead atoms. The summed E-state index contributed by atoms with van der Waals surface area (Å²) in [5, 5.41) is 1.57. The highest BCUT2D eigenvalue weighted by atomic mass is 35.5. The number of amides is 1. The smallest absolute Gasteiger partial charge is 0.260 e. The molecule has 8 heavy (non-hydrogen) atoms. The molecule has 0 atom stereocenters. The van der Waals surface area contributed by atoms with E-state index in [1.54, 1.807) is 6.26 Å². The Morgan fingerprint density at radius 2 is 2.38 bits per heavy atom. The van der Waals surface area contributed by atoms with E-state index in [0.717, 1.165) is 0 Å². The Kier molecular flexibility index (Phi) is 3.73. The molecule has 0 rings (SSSR count). The standard InChI is InChI=1S/C4H6ClNOS/c1-8-2-3(5)4(6)7/h2H,1H3,(H2,6,7). The highest BCUT2D eigenvalue weighted by molar-refractivity contribution is 8.01. The Bertz CT molecular complexity index is 123. The summed E-state index contributed by atoms with van der Waals surface area (Å²) in [7, 11) is 0. The topological polar surface area (TPSA) is 43.1 Å². The molecule has 0 saturated heterocycles. The van der Waals surface area contributed by atoms with Crippen molar-refractivity contribution < 1.29 is 4.79 Å². The number of rotatable bonds is 2. The minimum absolute atomic E-state index is 0.0810. The zero-order valence-electron chi connectivity index (χ0n) is 4.35. The van der Waals surface area contributed by atoms with Gasteiger partial charge in [0.15, 0.2) is 0 Å². The van der Waals surface area contributed by atoms with Crippen molar-refractivity contribution in [1.82, 2.24) is 0 Å². The lowest BCUT2D eigenvalue weighted by molar-refractivity contribution is -0.113. The van der Waals surface area contributed by atoms with Gasteiger partial charge in [-0.2, -0.15) is 0 Å². The average Bonchev–Trinajstić information content (AvgIpc) is 1.67. The van der Waals surface area contributed by atoms with E-state index in [4.69, 9.17) is 17.3 Å². The molecule has 0 saturated carbocycles. The number of carbonyl (C=O) groups excluding carboxylic acids is 1. The largest absolute Gasteiger partial charge is 0.365 e. The second-order valence-electron chi connectivity index (χ2n) is 1.07. The molecule has 0 aromatic carbocycles. The van der Waals surface area contributed by atoms with E-state index in [1.807, 2.05) is 0 Å². The molecule has 2 nitrogen and oxygen atoms in total. The van der Waals surface area contributed by atoms with Crippen LogP contribution in [0.4, 0.5) is 0 Å². The molecule has 0 aliphatic rings. The summed E-state index contributed by atoms with van der Waals surface area (Å²) in [6.45, 7) is 0. The van der Waals surface area contributed by atoms with Crippen molar-refractivity contribution in [3.05, 3.63) is 10.4 Å². The van der Waals surface area contributed by atoms with Gasteiger partial charge in [-0.1, -0.05) is 11.6 Å². The monoisotopic (exact) mass is 151 g/mol. The van der Waals surface area contributed by atoms with E-state index in [9.17, 15) is 4.79 Å². The van der Waals surface area contributed by atoms with Crippen molar-refractivity contribution >= 4 is 29.3 Å². The highest BCUT2D eigenvalue weighted by Gasteiger charge is 1.95. The van der Waals surface area contributed by atoms with Crippen LogP contribution < -0.4 is 5.73 Å². The molecule has 0 aliphatic carbocycles. The number of hydrogen-bond acceptors (Lipinski definition) is 2. The molecular formula is C4H6ClNOS. The molecule has 0 aromatic heterocycles. The second-order valence-corrected chi connectivity index (χ2v) is 2.18. The maximum Gasteiger partial charge on any atom is 0.260 e. The first-order valence-corrected chi connectivity index (χ1v) is 3.53. The van der Waals surface area contributed by atoms with E-state index in [-0.39, 0.29) is 5.03 Å². The van der Waals surface area contributed by atoms with Crippen LogP contribution in [-0.2, 0) is 4.79 Å². The highest BCUT2D eigenvalue weighted by Crippen LogP contribution is 2.05. The van der Waals surface area contributed by atoms with Gasteiger partial charge in [-0.05, 0) is 11.7 Å². The molecule has 46 valence electrons. The lowest BCUT2D eigenvalue weighted by Gasteiger charge is -1.85. The van der Waals surface area contributed by atoms with Gasteiger partial charge >= 0.3 is 0 Å². The molecule has 0 unspecified atom stereocenters. The lowest BCUT2D eigenvalue weighted by Crippen LogP contribution is -2.09. The molecule has 4 heteroatoms. The summed E-state index contributed by atoms with van der Waals surface area (Å²) >= 11 is 6.62. The molecule has 0 aromatic rings. The van der Waals surface area contributed by atoms with E-state index in [2.05, 4.69) is 0 Å². The Morgan fingerprint density at radius 1 is 1.88 bits per heavy atom. The number of primary amides is 1. The normalized spacial score (nSPS) is 11.5. The number of carbonyl (C=O) groups is 1. The quantitative estimate of drug-likeness (QED) is 0.597. The van der Waals surface area contributed by atoms with Crippen molar-refractivity contribution in [3.63, 3.8) is 0 Å².